The van der Waals surface area contributed by atoms with Crippen molar-refractivity contribution in [3.8, 4) is 0 Å². The second-order valence-electron chi connectivity index (χ2n) is 12.8. The summed E-state index contributed by atoms with van der Waals surface area (Å²) in [6, 6.07) is -1.94. The number of esters is 1. The van der Waals surface area contributed by atoms with E-state index in [-0.39, 0.29) is 18.9 Å². The molecule has 0 fully saturated rings. The zero-order valence-electron chi connectivity index (χ0n) is 24.2. The lowest BCUT2D eigenvalue weighted by molar-refractivity contribution is -0.158. The van der Waals surface area contributed by atoms with Crippen LogP contribution in [0.4, 0.5) is 14.4 Å². The third-order valence-electron chi connectivity index (χ3n) is 4.14. The summed E-state index contributed by atoms with van der Waals surface area (Å²) in [6.07, 6.45) is -2.50. The molecule has 12 nitrogen and oxygen atoms in total. The first-order valence-electron chi connectivity index (χ1n) is 12.2. The number of hydrogen-bond acceptors (Lipinski definition) is 9. The number of ether oxygens (including phenoxy) is 4. The number of aliphatic imine (C=N–C) groups is 1. The van der Waals surface area contributed by atoms with Crippen molar-refractivity contribution in [2.24, 2.45) is 4.99 Å². The molecule has 0 saturated heterocycles. The molecule has 0 spiro atoms. The zero-order chi connectivity index (χ0) is 29.0. The Balaban J connectivity index is 3.23. The Morgan fingerprint density at radius 2 is 1.24 bits per heavy atom. The minimum atomic E-state index is -1.18. The molecule has 0 radical (unpaired) electrons. The van der Waals surface area contributed by atoms with E-state index in [1.807, 2.05) is 0 Å². The highest BCUT2D eigenvalue weighted by molar-refractivity contribution is 6.02. The monoisotopic (exact) mass is 528 g/mol. The van der Waals surface area contributed by atoms with Crippen molar-refractivity contribution in [1.82, 2.24) is 15.5 Å². The van der Waals surface area contributed by atoms with Gasteiger partial charge in [-0.1, -0.05) is 0 Å². The van der Waals surface area contributed by atoms with E-state index in [2.05, 4.69) is 15.6 Å². The van der Waals surface area contributed by atoms with Gasteiger partial charge >= 0.3 is 24.2 Å². The van der Waals surface area contributed by atoms with Gasteiger partial charge in [-0.2, -0.15) is 0 Å². The maximum absolute atomic E-state index is 13.1. The predicted octanol–water partition coefficient (Wildman–Crippen LogP) is 4.11. The molecule has 1 aliphatic heterocycles. The molecule has 0 bridgehead atoms. The summed E-state index contributed by atoms with van der Waals surface area (Å²) in [5.41, 5.74) is -3.25. The number of carbonyl (C=O) groups is 4. The maximum Gasteiger partial charge on any atom is 0.417 e. The van der Waals surface area contributed by atoms with E-state index in [0.717, 1.165) is 4.90 Å². The summed E-state index contributed by atoms with van der Waals surface area (Å²) >= 11 is 0. The van der Waals surface area contributed by atoms with Gasteiger partial charge in [0.15, 0.2) is 0 Å². The van der Waals surface area contributed by atoms with Gasteiger partial charge in [-0.25, -0.2) is 24.1 Å². The summed E-state index contributed by atoms with van der Waals surface area (Å²) in [4.78, 5) is 56.5. The molecule has 1 rings (SSSR count). The molecule has 1 aliphatic rings. The van der Waals surface area contributed by atoms with Gasteiger partial charge in [0.05, 0.1) is 12.6 Å². The van der Waals surface area contributed by atoms with Crippen LogP contribution in [0.2, 0.25) is 0 Å². The highest BCUT2D eigenvalue weighted by Crippen LogP contribution is 2.22. The molecule has 1 unspecified atom stereocenters. The second kappa shape index (κ2) is 11.6. The maximum atomic E-state index is 13.1. The van der Waals surface area contributed by atoms with Gasteiger partial charge in [-0.05, 0) is 83.1 Å². The summed E-state index contributed by atoms with van der Waals surface area (Å²) < 4.78 is 21.6. The van der Waals surface area contributed by atoms with Crippen molar-refractivity contribution in [2.45, 2.75) is 124 Å². The Morgan fingerprint density at radius 3 is 1.70 bits per heavy atom. The van der Waals surface area contributed by atoms with Crippen LogP contribution in [-0.2, 0) is 23.7 Å². The summed E-state index contributed by atoms with van der Waals surface area (Å²) in [7, 11) is 0. The number of alkyl carbamates (subject to hydrolysis) is 2. The molecule has 0 aliphatic carbocycles. The van der Waals surface area contributed by atoms with Crippen LogP contribution in [0.5, 0.6) is 0 Å². The van der Waals surface area contributed by atoms with Crippen molar-refractivity contribution in [3.63, 3.8) is 0 Å². The van der Waals surface area contributed by atoms with Gasteiger partial charge < -0.3 is 24.3 Å². The molecule has 37 heavy (non-hydrogen) atoms. The molecule has 0 aromatic rings. The molecule has 0 aromatic heterocycles. The third-order valence-corrected chi connectivity index (χ3v) is 4.14. The SMILES string of the molecule is CC(C)(C)OC(=O)NC1=NCC(C[C@H](NC(=O)OC(C)(C)C)C(=O)OC(C)(C)C)N1C(=O)OC(C)(C)C. The van der Waals surface area contributed by atoms with E-state index in [0.29, 0.717) is 0 Å². The topological polar surface area (TPSA) is 145 Å². The lowest BCUT2D eigenvalue weighted by atomic mass is 10.1. The Kier molecular flexibility index (Phi) is 9.99. The van der Waals surface area contributed by atoms with Gasteiger partial charge in [0, 0.05) is 6.42 Å². The van der Waals surface area contributed by atoms with Gasteiger partial charge in [0.2, 0.25) is 5.96 Å². The largest absolute Gasteiger partial charge is 0.458 e. The number of rotatable bonds is 4. The molecule has 0 saturated carbocycles. The fourth-order valence-corrected chi connectivity index (χ4v) is 3.05. The van der Waals surface area contributed by atoms with Crippen LogP contribution in [0.25, 0.3) is 0 Å². The Hall–Kier alpha value is -3.05. The first kappa shape index (κ1) is 32.0. The fourth-order valence-electron chi connectivity index (χ4n) is 3.05. The third kappa shape index (κ3) is 12.7. The Labute approximate surface area is 219 Å². The molecule has 1 heterocycles. The number of nitrogens with zero attached hydrogens (tertiary/aromatic N) is 2. The number of amides is 3. The average molecular weight is 529 g/mol. The van der Waals surface area contributed by atoms with E-state index in [4.69, 9.17) is 18.9 Å². The van der Waals surface area contributed by atoms with E-state index in [1.165, 1.54) is 0 Å². The van der Waals surface area contributed by atoms with Crippen molar-refractivity contribution >= 4 is 30.2 Å². The number of guanidine groups is 1. The summed E-state index contributed by atoms with van der Waals surface area (Å²) in [5.74, 6) is -0.801. The summed E-state index contributed by atoms with van der Waals surface area (Å²) in [5, 5.41) is 5.02. The van der Waals surface area contributed by atoms with Gasteiger partial charge in [-0.3, -0.25) is 10.3 Å². The predicted molar refractivity (Wildman–Crippen MR) is 137 cm³/mol. The van der Waals surface area contributed by atoms with Crippen LogP contribution >= 0.6 is 0 Å². The molecule has 2 atom stereocenters. The fraction of sp³-hybridized carbons (Fsp3) is 0.800. The van der Waals surface area contributed by atoms with E-state index >= 15 is 0 Å². The van der Waals surface area contributed by atoms with Crippen molar-refractivity contribution in [3.05, 3.63) is 0 Å². The first-order chi connectivity index (χ1) is 16.5. The zero-order valence-corrected chi connectivity index (χ0v) is 24.2. The van der Waals surface area contributed by atoms with Crippen molar-refractivity contribution < 1.29 is 38.1 Å². The first-order valence-corrected chi connectivity index (χ1v) is 12.2. The minimum Gasteiger partial charge on any atom is -0.458 e. The van der Waals surface area contributed by atoms with E-state index in [9.17, 15) is 19.2 Å². The van der Waals surface area contributed by atoms with Crippen LogP contribution in [0.1, 0.15) is 89.5 Å². The highest BCUT2D eigenvalue weighted by atomic mass is 16.6. The normalized spacial score (nSPS) is 17.4. The van der Waals surface area contributed by atoms with E-state index in [1.54, 1.807) is 83.1 Å². The van der Waals surface area contributed by atoms with Gasteiger partial charge in [0.1, 0.15) is 28.4 Å². The van der Waals surface area contributed by atoms with Crippen LogP contribution in [0.15, 0.2) is 4.99 Å². The second-order valence-corrected chi connectivity index (χ2v) is 12.8. The molecule has 0 aromatic carbocycles. The smallest absolute Gasteiger partial charge is 0.417 e. The van der Waals surface area contributed by atoms with Crippen LogP contribution in [0.3, 0.4) is 0 Å². The van der Waals surface area contributed by atoms with Crippen LogP contribution < -0.4 is 10.6 Å². The molecule has 2 N–H and O–H groups in total. The minimum absolute atomic E-state index is 0.0275. The standard InChI is InChI=1S/C25H44N4O8/c1-22(2,3)34-17(30)16(27-19(31)35-23(4,5)6)13-15-14-26-18(28-20(32)36-24(7,8)9)29(15)21(33)37-25(10,11)12/h15-16H,13-14H2,1-12H3,(H,27,31)(H,26,28,32)/t15?,16-/m0/s1. The Bertz CT molecular complexity index is 888. The van der Waals surface area contributed by atoms with E-state index < -0.39 is 58.7 Å². The van der Waals surface area contributed by atoms with Crippen LogP contribution in [0, 0.1) is 0 Å². The number of nitrogens with one attached hydrogen (secondary N) is 2. The lowest BCUT2D eigenvalue weighted by Crippen LogP contribution is -2.54. The average Bonchev–Trinajstić information content (AvgIpc) is 2.96. The van der Waals surface area contributed by atoms with Crippen LogP contribution in [-0.4, -0.2) is 76.1 Å². The highest BCUT2D eigenvalue weighted by Gasteiger charge is 2.41. The Morgan fingerprint density at radius 1 is 0.784 bits per heavy atom. The number of carbonyl (C=O) groups excluding carboxylic acids is 4. The van der Waals surface area contributed by atoms with Crippen molar-refractivity contribution in [1.29, 1.82) is 0 Å². The molecule has 212 valence electrons. The lowest BCUT2D eigenvalue weighted by Gasteiger charge is -2.32. The quantitative estimate of drug-likeness (QED) is 0.410. The molecular formula is C25H44N4O8. The molecule has 12 heteroatoms. The molecular weight excluding hydrogens is 484 g/mol. The molecule has 3 amide bonds. The van der Waals surface area contributed by atoms with Gasteiger partial charge in [0.25, 0.3) is 0 Å². The van der Waals surface area contributed by atoms with Crippen molar-refractivity contribution in [2.75, 3.05) is 6.54 Å². The van der Waals surface area contributed by atoms with Gasteiger partial charge in [-0.15, -0.1) is 0 Å². The number of hydrogen-bond donors (Lipinski definition) is 2. The summed E-state index contributed by atoms with van der Waals surface area (Å²) in [6.45, 7) is 20.4.